The molecule has 0 unspecified atom stereocenters. The fourth-order valence-corrected chi connectivity index (χ4v) is 5.01. The number of hydrogen-bond acceptors (Lipinski definition) is 6. The average Bonchev–Trinajstić information content (AvgIpc) is 2.72. The predicted octanol–water partition coefficient (Wildman–Crippen LogP) is 4.27. The molecule has 0 radical (unpaired) electrons. The third kappa shape index (κ3) is 4.87. The molecule has 2 heterocycles. The van der Waals surface area contributed by atoms with Gasteiger partial charge in [0.15, 0.2) is 0 Å². The topological polar surface area (TPSA) is 76.7 Å². The minimum atomic E-state index is -4.43. The fourth-order valence-electron chi connectivity index (χ4n) is 4.55. The molecule has 2 aliphatic heterocycles. The minimum Gasteiger partial charge on any atom is -0.383 e. The SMILES string of the molecule is CNC[C@H]1CC[C@@H]2[C@H](O1)c1cc(C(F)(F)F)ccc1N[C@H]2c1ccc(OS(C)(=O)=O)cc1. The predicted molar refractivity (Wildman–Crippen MR) is 114 cm³/mol. The van der Waals surface area contributed by atoms with Crippen LogP contribution in [0.1, 0.15) is 41.7 Å². The lowest BCUT2D eigenvalue weighted by atomic mass is 9.76. The van der Waals surface area contributed by atoms with Crippen molar-refractivity contribution in [2.45, 2.75) is 37.3 Å². The van der Waals surface area contributed by atoms with Gasteiger partial charge >= 0.3 is 16.3 Å². The van der Waals surface area contributed by atoms with Crippen molar-refractivity contribution in [2.75, 3.05) is 25.2 Å². The molecule has 2 aliphatic rings. The summed E-state index contributed by atoms with van der Waals surface area (Å²) in [6.45, 7) is 0.618. The van der Waals surface area contributed by atoms with Crippen LogP contribution >= 0.6 is 0 Å². The van der Waals surface area contributed by atoms with E-state index in [1.165, 1.54) is 12.1 Å². The van der Waals surface area contributed by atoms with E-state index in [-0.39, 0.29) is 23.8 Å². The average molecular weight is 471 g/mol. The standard InChI is InChI=1S/C22H25F3N2O4S/c1-26-12-16-8-9-17-20(13-3-6-15(7-4-13)31-32(2,28)29)27-19-10-5-14(22(23,24)25)11-18(19)21(17)30-16/h3-7,10-11,16-17,20-21,26-27H,8-9,12H2,1-2H3/t16-,17+,20+,21+/m1/s1. The number of fused-ring (bicyclic) bond motifs is 3. The molecule has 0 aromatic heterocycles. The van der Waals surface area contributed by atoms with E-state index in [1.54, 1.807) is 24.3 Å². The Balaban J connectivity index is 1.69. The summed E-state index contributed by atoms with van der Waals surface area (Å²) in [7, 11) is -1.82. The molecule has 0 aliphatic carbocycles. The Bertz CT molecular complexity index is 1070. The van der Waals surface area contributed by atoms with Crippen LogP contribution in [-0.4, -0.2) is 34.4 Å². The van der Waals surface area contributed by atoms with Gasteiger partial charge in [0.1, 0.15) is 5.75 Å². The maximum atomic E-state index is 13.4. The van der Waals surface area contributed by atoms with Crippen LogP contribution in [0.5, 0.6) is 5.75 Å². The van der Waals surface area contributed by atoms with Crippen molar-refractivity contribution in [3.8, 4) is 5.75 Å². The highest BCUT2D eigenvalue weighted by atomic mass is 32.2. The number of alkyl halides is 3. The number of halogens is 3. The first kappa shape index (κ1) is 22.9. The van der Waals surface area contributed by atoms with E-state index in [4.69, 9.17) is 8.92 Å². The molecule has 6 nitrogen and oxygen atoms in total. The van der Waals surface area contributed by atoms with Gasteiger partial charge in [-0.2, -0.15) is 21.6 Å². The lowest BCUT2D eigenvalue weighted by Crippen LogP contribution is -2.41. The van der Waals surface area contributed by atoms with Gasteiger partial charge in [-0.3, -0.25) is 0 Å². The Labute approximate surface area is 185 Å². The van der Waals surface area contributed by atoms with Gasteiger partial charge in [-0.05, 0) is 55.8 Å². The van der Waals surface area contributed by atoms with E-state index < -0.39 is 28.0 Å². The normalized spacial score (nSPS) is 25.4. The number of nitrogens with one attached hydrogen (secondary N) is 2. The molecule has 1 saturated heterocycles. The van der Waals surface area contributed by atoms with E-state index in [0.717, 1.165) is 30.7 Å². The molecule has 4 atom stereocenters. The van der Waals surface area contributed by atoms with Gasteiger partial charge in [-0.15, -0.1) is 0 Å². The summed E-state index contributed by atoms with van der Waals surface area (Å²) in [5.41, 5.74) is 1.30. The van der Waals surface area contributed by atoms with Gasteiger partial charge in [0, 0.05) is 23.7 Å². The van der Waals surface area contributed by atoms with E-state index >= 15 is 0 Å². The minimum absolute atomic E-state index is 0.0826. The summed E-state index contributed by atoms with van der Waals surface area (Å²) in [6.07, 6.45) is -2.49. The third-order valence-electron chi connectivity index (χ3n) is 5.89. The molecular weight excluding hydrogens is 445 g/mol. The van der Waals surface area contributed by atoms with Crippen LogP contribution in [0.2, 0.25) is 0 Å². The Hall–Kier alpha value is -2.30. The van der Waals surface area contributed by atoms with Crippen LogP contribution in [-0.2, 0) is 21.0 Å². The Kier molecular flexibility index (Phi) is 6.12. The van der Waals surface area contributed by atoms with E-state index in [1.807, 2.05) is 7.05 Å². The largest absolute Gasteiger partial charge is 0.416 e. The number of anilines is 1. The van der Waals surface area contributed by atoms with Crippen molar-refractivity contribution in [3.05, 3.63) is 59.2 Å². The maximum absolute atomic E-state index is 13.4. The first-order valence-electron chi connectivity index (χ1n) is 10.3. The number of likely N-dealkylation sites (N-methyl/N-ethyl adjacent to an activating group) is 1. The first-order valence-corrected chi connectivity index (χ1v) is 12.1. The smallest absolute Gasteiger partial charge is 0.383 e. The van der Waals surface area contributed by atoms with Gasteiger partial charge in [-0.25, -0.2) is 0 Å². The number of rotatable bonds is 5. The van der Waals surface area contributed by atoms with Crippen LogP contribution < -0.4 is 14.8 Å². The van der Waals surface area contributed by atoms with E-state index in [2.05, 4.69) is 10.6 Å². The summed E-state index contributed by atoms with van der Waals surface area (Å²) >= 11 is 0. The zero-order chi connectivity index (χ0) is 23.1. The molecule has 10 heteroatoms. The second-order valence-electron chi connectivity index (χ2n) is 8.26. The van der Waals surface area contributed by atoms with E-state index in [9.17, 15) is 21.6 Å². The lowest BCUT2D eigenvalue weighted by molar-refractivity contribution is -0.138. The molecule has 0 saturated carbocycles. The molecule has 0 spiro atoms. The second-order valence-corrected chi connectivity index (χ2v) is 9.83. The zero-order valence-corrected chi connectivity index (χ0v) is 18.5. The summed E-state index contributed by atoms with van der Waals surface area (Å²) in [6, 6.07) is 10.2. The van der Waals surface area contributed by atoms with Crippen LogP contribution in [0.3, 0.4) is 0 Å². The molecule has 2 aromatic carbocycles. The van der Waals surface area contributed by atoms with Gasteiger partial charge in [0.25, 0.3) is 0 Å². The molecule has 0 bridgehead atoms. The number of ether oxygens (including phenoxy) is 1. The van der Waals surface area contributed by atoms with Crippen molar-refractivity contribution in [3.63, 3.8) is 0 Å². The van der Waals surface area contributed by atoms with Crippen LogP contribution in [0.4, 0.5) is 18.9 Å². The van der Waals surface area contributed by atoms with E-state index in [0.29, 0.717) is 17.8 Å². The van der Waals surface area contributed by atoms with Crippen LogP contribution in [0.15, 0.2) is 42.5 Å². The summed E-state index contributed by atoms with van der Waals surface area (Å²) < 4.78 is 74.0. The maximum Gasteiger partial charge on any atom is 0.416 e. The summed E-state index contributed by atoms with van der Waals surface area (Å²) in [5, 5.41) is 6.46. The van der Waals surface area contributed by atoms with Crippen LogP contribution in [0.25, 0.3) is 0 Å². The molecular formula is C22H25F3N2O4S. The van der Waals surface area contributed by atoms with Crippen molar-refractivity contribution in [2.24, 2.45) is 5.92 Å². The number of benzene rings is 2. The highest BCUT2D eigenvalue weighted by Crippen LogP contribution is 2.51. The van der Waals surface area contributed by atoms with Crippen LogP contribution in [0, 0.1) is 5.92 Å². The Morgan fingerprint density at radius 3 is 2.50 bits per heavy atom. The molecule has 174 valence electrons. The molecule has 0 amide bonds. The quantitative estimate of drug-likeness (QED) is 0.636. The van der Waals surface area contributed by atoms with Crippen molar-refractivity contribution < 1.29 is 30.5 Å². The second kappa shape index (κ2) is 8.57. The first-order chi connectivity index (χ1) is 15.0. The number of hydrogen-bond donors (Lipinski definition) is 2. The Morgan fingerprint density at radius 1 is 1.16 bits per heavy atom. The Morgan fingerprint density at radius 2 is 1.88 bits per heavy atom. The molecule has 2 N–H and O–H groups in total. The third-order valence-corrected chi connectivity index (χ3v) is 6.39. The lowest BCUT2D eigenvalue weighted by Gasteiger charge is -2.46. The van der Waals surface area contributed by atoms with Gasteiger partial charge in [0.2, 0.25) is 0 Å². The highest BCUT2D eigenvalue weighted by Gasteiger charge is 2.43. The molecule has 4 rings (SSSR count). The fraction of sp³-hybridized carbons (Fsp3) is 0.455. The summed E-state index contributed by atoms with van der Waals surface area (Å²) in [4.78, 5) is 0. The molecule has 32 heavy (non-hydrogen) atoms. The summed E-state index contributed by atoms with van der Waals surface area (Å²) in [5.74, 6) is 0.119. The molecule has 1 fully saturated rings. The van der Waals surface area contributed by atoms with Gasteiger partial charge in [0.05, 0.1) is 30.1 Å². The molecule has 2 aromatic rings. The van der Waals surface area contributed by atoms with Gasteiger partial charge < -0.3 is 19.6 Å². The highest BCUT2D eigenvalue weighted by molar-refractivity contribution is 7.86. The van der Waals surface area contributed by atoms with Gasteiger partial charge in [-0.1, -0.05) is 12.1 Å². The van der Waals surface area contributed by atoms with Crippen molar-refractivity contribution in [1.29, 1.82) is 0 Å². The van der Waals surface area contributed by atoms with Crippen molar-refractivity contribution in [1.82, 2.24) is 5.32 Å². The zero-order valence-electron chi connectivity index (χ0n) is 17.6. The van der Waals surface area contributed by atoms with Crippen molar-refractivity contribution >= 4 is 15.8 Å². The monoisotopic (exact) mass is 470 g/mol.